The number of hydrogen-bond acceptors (Lipinski definition) is 5. The van der Waals surface area contributed by atoms with Gasteiger partial charge in [-0.05, 0) is 37.8 Å². The Kier molecular flexibility index (Phi) is 4.78. The van der Waals surface area contributed by atoms with Crippen LogP contribution >= 0.6 is 0 Å². The predicted molar refractivity (Wildman–Crippen MR) is 79.3 cm³/mol. The largest absolute Gasteiger partial charge is 0.427 e. The van der Waals surface area contributed by atoms with Crippen molar-refractivity contribution in [3.05, 3.63) is 23.8 Å². The Morgan fingerprint density at radius 1 is 1.32 bits per heavy atom. The Bertz CT molecular complexity index is 628. The molecule has 0 heterocycles. The molecule has 1 aliphatic rings. The van der Waals surface area contributed by atoms with Crippen molar-refractivity contribution in [1.82, 2.24) is 0 Å². The lowest BCUT2D eigenvalue weighted by molar-refractivity contribution is -0.137. The summed E-state index contributed by atoms with van der Waals surface area (Å²) in [5.74, 6) is -0.446. The lowest BCUT2D eigenvalue weighted by atomic mass is 10.0. The second-order valence-corrected chi connectivity index (χ2v) is 5.27. The second kappa shape index (κ2) is 6.58. The number of amides is 1. The smallest absolute Gasteiger partial charge is 0.308 e. The molecule has 0 aromatic heterocycles. The molecular weight excluding hydrogens is 284 g/mol. The fraction of sp³-hybridized carbons (Fsp3) is 0.438. The van der Waals surface area contributed by atoms with Crippen LogP contribution in [0.2, 0.25) is 0 Å². The van der Waals surface area contributed by atoms with E-state index in [0.29, 0.717) is 18.5 Å². The highest BCUT2D eigenvalue weighted by Crippen LogP contribution is 2.34. The average molecular weight is 302 g/mol. The van der Waals surface area contributed by atoms with Crippen molar-refractivity contribution in [3.63, 3.8) is 0 Å². The number of anilines is 1. The number of esters is 1. The summed E-state index contributed by atoms with van der Waals surface area (Å²) in [5, 5.41) is 12.0. The van der Waals surface area contributed by atoms with Gasteiger partial charge in [-0.2, -0.15) is 5.26 Å². The van der Waals surface area contributed by atoms with Crippen LogP contribution in [0.15, 0.2) is 18.2 Å². The van der Waals surface area contributed by atoms with Crippen LogP contribution < -0.4 is 10.1 Å². The molecule has 6 nitrogen and oxygen atoms in total. The van der Waals surface area contributed by atoms with E-state index >= 15 is 0 Å². The quantitative estimate of drug-likeness (QED) is 0.681. The molecule has 1 aliphatic carbocycles. The molecule has 0 unspecified atom stereocenters. The van der Waals surface area contributed by atoms with E-state index in [0.717, 1.165) is 12.8 Å². The van der Waals surface area contributed by atoms with Gasteiger partial charge in [-0.1, -0.05) is 0 Å². The molecule has 1 aromatic rings. The molecule has 0 bridgehead atoms. The summed E-state index contributed by atoms with van der Waals surface area (Å²) >= 11 is 0. The van der Waals surface area contributed by atoms with E-state index in [2.05, 4.69) is 5.32 Å². The van der Waals surface area contributed by atoms with Crippen LogP contribution in [-0.2, 0) is 14.3 Å². The fourth-order valence-corrected chi connectivity index (χ4v) is 2.66. The number of nitrogens with zero attached hydrogens (tertiary/aromatic N) is 1. The third kappa shape index (κ3) is 3.26. The maximum Gasteiger partial charge on any atom is 0.308 e. The van der Waals surface area contributed by atoms with Crippen molar-refractivity contribution >= 4 is 17.6 Å². The van der Waals surface area contributed by atoms with Gasteiger partial charge in [0.2, 0.25) is 0 Å². The van der Waals surface area contributed by atoms with E-state index in [4.69, 9.17) is 9.47 Å². The summed E-state index contributed by atoms with van der Waals surface area (Å²) in [5.41, 5.74) is -0.204. The third-order valence-electron chi connectivity index (χ3n) is 3.84. The van der Waals surface area contributed by atoms with Crippen molar-refractivity contribution in [2.45, 2.75) is 38.2 Å². The lowest BCUT2D eigenvalue weighted by Gasteiger charge is -2.26. The van der Waals surface area contributed by atoms with Crippen LogP contribution in [0.5, 0.6) is 5.75 Å². The van der Waals surface area contributed by atoms with Crippen LogP contribution in [-0.4, -0.2) is 24.6 Å². The predicted octanol–water partition coefficient (Wildman–Crippen LogP) is 2.38. The van der Waals surface area contributed by atoms with Crippen LogP contribution in [0.3, 0.4) is 0 Å². The normalized spacial score (nSPS) is 15.9. The van der Waals surface area contributed by atoms with Crippen molar-refractivity contribution in [1.29, 1.82) is 5.26 Å². The highest BCUT2D eigenvalue weighted by Gasteiger charge is 2.41. The van der Waals surface area contributed by atoms with Gasteiger partial charge < -0.3 is 14.8 Å². The summed E-state index contributed by atoms with van der Waals surface area (Å²) in [4.78, 5) is 23.4. The van der Waals surface area contributed by atoms with Gasteiger partial charge in [0.15, 0.2) is 0 Å². The molecule has 6 heteroatoms. The highest BCUT2D eigenvalue weighted by molar-refractivity contribution is 5.98. The maximum atomic E-state index is 12.5. The number of benzene rings is 1. The monoisotopic (exact) mass is 302 g/mol. The number of methoxy groups -OCH3 is 1. The van der Waals surface area contributed by atoms with Crippen molar-refractivity contribution in [3.8, 4) is 11.8 Å². The van der Waals surface area contributed by atoms with E-state index in [1.54, 1.807) is 6.07 Å². The van der Waals surface area contributed by atoms with Gasteiger partial charge in [0.05, 0.1) is 11.3 Å². The molecule has 22 heavy (non-hydrogen) atoms. The second-order valence-electron chi connectivity index (χ2n) is 5.27. The number of nitrogens with one attached hydrogen (secondary N) is 1. The molecule has 0 spiro atoms. The van der Waals surface area contributed by atoms with Crippen LogP contribution in [0.1, 0.15) is 38.2 Å². The molecule has 0 atom stereocenters. The van der Waals surface area contributed by atoms with Gasteiger partial charge in [0, 0.05) is 20.1 Å². The first kappa shape index (κ1) is 16.0. The Morgan fingerprint density at radius 2 is 2.00 bits per heavy atom. The molecule has 0 aliphatic heterocycles. The Morgan fingerprint density at radius 3 is 2.55 bits per heavy atom. The van der Waals surface area contributed by atoms with Crippen LogP contribution in [0.4, 0.5) is 5.69 Å². The number of nitriles is 1. The molecule has 1 N–H and O–H groups in total. The first-order valence-corrected chi connectivity index (χ1v) is 7.10. The standard InChI is InChI=1S/C16H18N2O4/c1-11(19)22-13-5-6-14(12(9-13)10-17)18-15(20)16(21-2)7-3-4-8-16/h5-6,9H,3-4,7-8H2,1-2H3,(H,18,20). The fourth-order valence-electron chi connectivity index (χ4n) is 2.66. The molecule has 0 saturated heterocycles. The molecule has 2 rings (SSSR count). The summed E-state index contributed by atoms with van der Waals surface area (Å²) < 4.78 is 10.3. The van der Waals surface area contributed by atoms with Gasteiger partial charge in [0.1, 0.15) is 17.4 Å². The van der Waals surface area contributed by atoms with Gasteiger partial charge in [-0.15, -0.1) is 0 Å². The van der Waals surface area contributed by atoms with E-state index in [1.807, 2.05) is 6.07 Å². The molecule has 1 amide bonds. The number of rotatable bonds is 4. The van der Waals surface area contributed by atoms with Crippen molar-refractivity contribution in [2.24, 2.45) is 0 Å². The first-order chi connectivity index (χ1) is 10.5. The molecular formula is C16H18N2O4. The van der Waals surface area contributed by atoms with E-state index in [1.165, 1.54) is 26.2 Å². The van der Waals surface area contributed by atoms with Crippen LogP contribution in [0, 0.1) is 11.3 Å². The topological polar surface area (TPSA) is 88.4 Å². The maximum absolute atomic E-state index is 12.5. The number of ether oxygens (including phenoxy) is 2. The minimum Gasteiger partial charge on any atom is -0.427 e. The van der Waals surface area contributed by atoms with E-state index < -0.39 is 11.6 Å². The SMILES string of the molecule is COC1(C(=O)Nc2ccc(OC(C)=O)cc2C#N)CCCC1. The summed E-state index contributed by atoms with van der Waals surface area (Å²) in [6, 6.07) is 6.49. The summed E-state index contributed by atoms with van der Waals surface area (Å²) in [6.07, 6.45) is 3.22. The molecule has 116 valence electrons. The average Bonchev–Trinajstić information content (AvgIpc) is 2.98. The van der Waals surface area contributed by atoms with Gasteiger partial charge in [-0.25, -0.2) is 0 Å². The van der Waals surface area contributed by atoms with Gasteiger partial charge >= 0.3 is 5.97 Å². The third-order valence-corrected chi connectivity index (χ3v) is 3.84. The zero-order valence-electron chi connectivity index (χ0n) is 12.6. The van der Waals surface area contributed by atoms with E-state index in [-0.39, 0.29) is 17.2 Å². The van der Waals surface area contributed by atoms with Crippen molar-refractivity contribution in [2.75, 3.05) is 12.4 Å². The molecule has 1 fully saturated rings. The summed E-state index contributed by atoms with van der Waals surface area (Å²) in [7, 11) is 1.53. The number of carbonyl (C=O) groups is 2. The lowest BCUT2D eigenvalue weighted by Crippen LogP contribution is -2.42. The Hall–Kier alpha value is -2.39. The molecule has 1 saturated carbocycles. The Labute approximate surface area is 129 Å². The Balaban J connectivity index is 2.20. The highest BCUT2D eigenvalue weighted by atomic mass is 16.5. The number of carbonyl (C=O) groups excluding carboxylic acids is 2. The van der Waals surface area contributed by atoms with Crippen LogP contribution in [0.25, 0.3) is 0 Å². The van der Waals surface area contributed by atoms with Crippen molar-refractivity contribution < 1.29 is 19.1 Å². The molecule has 0 radical (unpaired) electrons. The minimum absolute atomic E-state index is 0.233. The van der Waals surface area contributed by atoms with E-state index in [9.17, 15) is 14.9 Å². The zero-order valence-corrected chi connectivity index (χ0v) is 12.6. The van der Waals surface area contributed by atoms with Gasteiger partial charge in [-0.3, -0.25) is 9.59 Å². The number of hydrogen-bond donors (Lipinski definition) is 1. The first-order valence-electron chi connectivity index (χ1n) is 7.10. The molecule has 1 aromatic carbocycles. The minimum atomic E-state index is -0.818. The zero-order chi connectivity index (χ0) is 16.2. The summed E-state index contributed by atoms with van der Waals surface area (Å²) in [6.45, 7) is 1.28. The van der Waals surface area contributed by atoms with Gasteiger partial charge in [0.25, 0.3) is 5.91 Å².